The van der Waals surface area contributed by atoms with Crippen molar-refractivity contribution in [3.8, 4) is 0 Å². The Morgan fingerprint density at radius 1 is 1.47 bits per heavy atom. The van der Waals surface area contributed by atoms with Crippen molar-refractivity contribution in [2.75, 3.05) is 20.3 Å². The summed E-state index contributed by atoms with van der Waals surface area (Å²) in [7, 11) is 1.77. The summed E-state index contributed by atoms with van der Waals surface area (Å²) < 4.78 is 6.38. The van der Waals surface area contributed by atoms with Gasteiger partial charge < -0.3 is 10.1 Å². The Hall–Kier alpha value is -0.380. The van der Waals surface area contributed by atoms with Crippen molar-refractivity contribution in [1.29, 1.82) is 0 Å². The zero-order valence-electron chi connectivity index (χ0n) is 8.87. The number of methoxy groups -OCH3 is 1. The Kier molecular flexibility index (Phi) is 3.78. The largest absolute Gasteiger partial charge is 0.384 e. The highest BCUT2D eigenvalue weighted by atomic mass is 79.9. The third-order valence-electron chi connectivity index (χ3n) is 2.90. The van der Waals surface area contributed by atoms with Crippen LogP contribution in [0.4, 0.5) is 0 Å². The first-order chi connectivity index (χ1) is 7.31. The summed E-state index contributed by atoms with van der Waals surface area (Å²) in [5.74, 6) is 0.645. The van der Waals surface area contributed by atoms with E-state index in [1.807, 2.05) is 0 Å². The predicted octanol–water partition coefficient (Wildman–Crippen LogP) is 2.75. The fraction of sp³-hybridized carbons (Fsp3) is 0.500. The molecule has 2 atom stereocenters. The molecule has 1 aliphatic rings. The molecule has 1 N–H and O–H groups in total. The molecule has 1 fully saturated rings. The zero-order chi connectivity index (χ0) is 10.7. The Morgan fingerprint density at radius 2 is 2.27 bits per heavy atom. The number of halogens is 1. The van der Waals surface area contributed by atoms with Crippen LogP contribution in [0.3, 0.4) is 0 Å². The molecule has 1 heterocycles. The SMILES string of the molecule is COCC1CNC(c2ccccc2Br)C1. The van der Waals surface area contributed by atoms with Crippen molar-refractivity contribution < 1.29 is 4.74 Å². The molecule has 3 heteroatoms. The van der Waals surface area contributed by atoms with Gasteiger partial charge in [0.05, 0.1) is 6.61 Å². The van der Waals surface area contributed by atoms with Gasteiger partial charge >= 0.3 is 0 Å². The van der Waals surface area contributed by atoms with Gasteiger partial charge in [-0.25, -0.2) is 0 Å². The third kappa shape index (κ3) is 2.60. The molecule has 2 rings (SSSR count). The van der Waals surface area contributed by atoms with Gasteiger partial charge in [0, 0.05) is 24.2 Å². The van der Waals surface area contributed by atoms with Crippen molar-refractivity contribution in [3.63, 3.8) is 0 Å². The average molecular weight is 270 g/mol. The van der Waals surface area contributed by atoms with E-state index in [4.69, 9.17) is 4.74 Å². The van der Waals surface area contributed by atoms with Gasteiger partial charge in [0.15, 0.2) is 0 Å². The summed E-state index contributed by atoms with van der Waals surface area (Å²) in [6.07, 6.45) is 1.16. The van der Waals surface area contributed by atoms with E-state index >= 15 is 0 Å². The molecule has 2 unspecified atom stereocenters. The Bertz CT molecular complexity index is 329. The number of rotatable bonds is 3. The smallest absolute Gasteiger partial charge is 0.0503 e. The molecule has 0 aromatic heterocycles. The summed E-state index contributed by atoms with van der Waals surface area (Å²) in [6, 6.07) is 8.89. The van der Waals surface area contributed by atoms with E-state index in [0.29, 0.717) is 12.0 Å². The van der Waals surface area contributed by atoms with E-state index in [1.54, 1.807) is 7.11 Å². The van der Waals surface area contributed by atoms with Crippen molar-refractivity contribution in [2.45, 2.75) is 12.5 Å². The van der Waals surface area contributed by atoms with Gasteiger partial charge in [0.2, 0.25) is 0 Å². The monoisotopic (exact) mass is 269 g/mol. The van der Waals surface area contributed by atoms with Crippen molar-refractivity contribution in [2.24, 2.45) is 5.92 Å². The van der Waals surface area contributed by atoms with Gasteiger partial charge in [-0.2, -0.15) is 0 Å². The Balaban J connectivity index is 2.04. The maximum absolute atomic E-state index is 5.19. The highest BCUT2D eigenvalue weighted by Crippen LogP contribution is 2.31. The van der Waals surface area contributed by atoms with Crippen LogP contribution in [-0.4, -0.2) is 20.3 Å². The zero-order valence-corrected chi connectivity index (χ0v) is 10.5. The molecular formula is C12H16BrNO. The first-order valence-corrected chi connectivity index (χ1v) is 6.07. The van der Waals surface area contributed by atoms with E-state index in [-0.39, 0.29) is 0 Å². The van der Waals surface area contributed by atoms with Crippen LogP contribution in [0.5, 0.6) is 0 Å². The van der Waals surface area contributed by atoms with Crippen LogP contribution >= 0.6 is 15.9 Å². The molecule has 1 aliphatic heterocycles. The first kappa shape index (κ1) is 11.1. The maximum atomic E-state index is 5.19. The second-order valence-corrected chi connectivity index (χ2v) is 4.89. The fourth-order valence-corrected chi connectivity index (χ4v) is 2.73. The highest BCUT2D eigenvalue weighted by Gasteiger charge is 2.25. The van der Waals surface area contributed by atoms with Gasteiger partial charge in [-0.3, -0.25) is 0 Å². The molecule has 1 aromatic carbocycles. The highest BCUT2D eigenvalue weighted by molar-refractivity contribution is 9.10. The predicted molar refractivity (Wildman–Crippen MR) is 64.9 cm³/mol. The average Bonchev–Trinajstić information content (AvgIpc) is 2.68. The molecule has 2 nitrogen and oxygen atoms in total. The molecular weight excluding hydrogens is 254 g/mol. The summed E-state index contributed by atoms with van der Waals surface area (Å²) >= 11 is 3.59. The molecule has 82 valence electrons. The Morgan fingerprint density at radius 3 is 3.00 bits per heavy atom. The summed E-state index contributed by atoms with van der Waals surface area (Å²) in [5, 5.41) is 3.54. The molecule has 15 heavy (non-hydrogen) atoms. The standard InChI is InChI=1S/C12H16BrNO/c1-15-8-9-6-12(14-7-9)10-4-2-3-5-11(10)13/h2-5,9,12,14H,6-8H2,1H3. The third-order valence-corrected chi connectivity index (χ3v) is 3.63. The Labute approximate surface area is 99.1 Å². The van der Waals surface area contributed by atoms with Crippen LogP contribution < -0.4 is 5.32 Å². The van der Waals surface area contributed by atoms with Gasteiger partial charge in [-0.15, -0.1) is 0 Å². The van der Waals surface area contributed by atoms with Crippen LogP contribution in [-0.2, 0) is 4.74 Å². The lowest BCUT2D eigenvalue weighted by Gasteiger charge is -2.12. The number of hydrogen-bond donors (Lipinski definition) is 1. The summed E-state index contributed by atoms with van der Waals surface area (Å²) in [6.45, 7) is 1.91. The van der Waals surface area contributed by atoms with Crippen LogP contribution in [0.2, 0.25) is 0 Å². The van der Waals surface area contributed by atoms with E-state index in [1.165, 1.54) is 10.0 Å². The van der Waals surface area contributed by atoms with Crippen molar-refractivity contribution in [1.82, 2.24) is 5.32 Å². The minimum atomic E-state index is 0.473. The molecule has 0 bridgehead atoms. The van der Waals surface area contributed by atoms with Gasteiger partial charge in [0.25, 0.3) is 0 Å². The molecule has 0 spiro atoms. The van der Waals surface area contributed by atoms with Crippen LogP contribution in [0.15, 0.2) is 28.7 Å². The second kappa shape index (κ2) is 5.10. The lowest BCUT2D eigenvalue weighted by Crippen LogP contribution is -2.15. The molecule has 1 aromatic rings. The maximum Gasteiger partial charge on any atom is 0.0503 e. The van der Waals surface area contributed by atoms with Gasteiger partial charge in [-0.1, -0.05) is 34.1 Å². The minimum Gasteiger partial charge on any atom is -0.384 e. The van der Waals surface area contributed by atoms with E-state index in [9.17, 15) is 0 Å². The fourth-order valence-electron chi connectivity index (χ4n) is 2.17. The molecule has 0 aliphatic carbocycles. The van der Waals surface area contributed by atoms with Crippen molar-refractivity contribution in [3.05, 3.63) is 34.3 Å². The number of hydrogen-bond acceptors (Lipinski definition) is 2. The summed E-state index contributed by atoms with van der Waals surface area (Å²) in [5.41, 5.74) is 1.36. The van der Waals surface area contributed by atoms with E-state index in [2.05, 4.69) is 45.5 Å². The summed E-state index contributed by atoms with van der Waals surface area (Å²) in [4.78, 5) is 0. The topological polar surface area (TPSA) is 21.3 Å². The van der Waals surface area contributed by atoms with Crippen LogP contribution in [0.25, 0.3) is 0 Å². The molecule has 0 saturated carbocycles. The first-order valence-electron chi connectivity index (χ1n) is 5.28. The number of ether oxygens (including phenoxy) is 1. The second-order valence-electron chi connectivity index (χ2n) is 4.04. The lowest BCUT2D eigenvalue weighted by atomic mass is 10.0. The quantitative estimate of drug-likeness (QED) is 0.911. The number of nitrogens with one attached hydrogen (secondary N) is 1. The minimum absolute atomic E-state index is 0.473. The van der Waals surface area contributed by atoms with Crippen LogP contribution in [0, 0.1) is 5.92 Å². The number of benzene rings is 1. The van der Waals surface area contributed by atoms with E-state index < -0.39 is 0 Å². The lowest BCUT2D eigenvalue weighted by molar-refractivity contribution is 0.159. The van der Waals surface area contributed by atoms with E-state index in [0.717, 1.165) is 19.6 Å². The molecule has 1 saturated heterocycles. The van der Waals surface area contributed by atoms with Gasteiger partial charge in [0.1, 0.15) is 0 Å². The van der Waals surface area contributed by atoms with Crippen molar-refractivity contribution >= 4 is 15.9 Å². The molecule has 0 radical (unpaired) electrons. The normalized spacial score (nSPS) is 25.7. The van der Waals surface area contributed by atoms with Crippen LogP contribution in [0.1, 0.15) is 18.0 Å². The van der Waals surface area contributed by atoms with Gasteiger partial charge in [-0.05, 0) is 24.0 Å². The molecule has 0 amide bonds.